The lowest BCUT2D eigenvalue weighted by Gasteiger charge is -2.07. The van der Waals surface area contributed by atoms with Gasteiger partial charge in [-0.1, -0.05) is 13.8 Å². The molecular weight excluding hydrogens is 234 g/mol. The van der Waals surface area contributed by atoms with Crippen molar-refractivity contribution in [2.24, 2.45) is 0 Å². The summed E-state index contributed by atoms with van der Waals surface area (Å²) in [5.74, 6) is 0.897. The molecule has 0 fully saturated rings. The van der Waals surface area contributed by atoms with Crippen molar-refractivity contribution in [2.75, 3.05) is 0 Å². The predicted molar refractivity (Wildman–Crippen MR) is 67.8 cm³/mol. The molecule has 2 aromatic heterocycles. The maximum atomic E-state index is 4.03. The Hall–Kier alpha value is -1.27. The summed E-state index contributed by atoms with van der Waals surface area (Å²) >= 11 is 1.72. The Bertz CT molecular complexity index is 434. The van der Waals surface area contributed by atoms with Crippen LogP contribution in [-0.4, -0.2) is 26.2 Å². The topological polar surface area (TPSA) is 55.6 Å². The third-order valence-corrected chi connectivity index (χ3v) is 3.20. The van der Waals surface area contributed by atoms with E-state index in [2.05, 4.69) is 51.5 Å². The third kappa shape index (κ3) is 3.61. The fourth-order valence-electron chi connectivity index (χ4n) is 1.49. The van der Waals surface area contributed by atoms with E-state index in [1.54, 1.807) is 11.3 Å². The number of thiophene rings is 1. The summed E-state index contributed by atoms with van der Waals surface area (Å²) in [4.78, 5) is 0. The number of hydrogen-bond acceptors (Lipinski definition) is 5. The minimum atomic E-state index is 0.442. The van der Waals surface area contributed by atoms with Crippen molar-refractivity contribution in [3.05, 3.63) is 28.2 Å². The second kappa shape index (κ2) is 5.88. The molecule has 1 N–H and O–H groups in total. The Balaban J connectivity index is 1.90. The predicted octanol–water partition coefficient (Wildman–Crippen LogP) is 1.48. The molecule has 0 aliphatic carbocycles. The van der Waals surface area contributed by atoms with Crippen LogP contribution < -0.4 is 5.32 Å². The number of nitrogens with zero attached hydrogens (tertiary/aromatic N) is 4. The quantitative estimate of drug-likeness (QED) is 0.845. The highest BCUT2D eigenvalue weighted by Gasteiger charge is 2.06. The Kier molecular flexibility index (Phi) is 4.22. The van der Waals surface area contributed by atoms with Crippen LogP contribution in [0.15, 0.2) is 16.8 Å². The molecule has 0 atom stereocenters. The van der Waals surface area contributed by atoms with E-state index < -0.39 is 0 Å². The largest absolute Gasteiger partial charge is 0.308 e. The van der Waals surface area contributed by atoms with E-state index >= 15 is 0 Å². The molecule has 0 aliphatic heterocycles. The highest BCUT2D eigenvalue weighted by atomic mass is 32.1. The van der Waals surface area contributed by atoms with E-state index in [1.807, 2.05) is 4.68 Å². The molecule has 92 valence electrons. The summed E-state index contributed by atoms with van der Waals surface area (Å²) < 4.78 is 1.87. The minimum absolute atomic E-state index is 0.442. The van der Waals surface area contributed by atoms with Crippen molar-refractivity contribution >= 4 is 11.3 Å². The number of rotatable bonds is 6. The SMILES string of the molecule is CC(C)NCc1nnnn1CCc1ccsc1. The standard InChI is InChI=1S/C11H17N5S/c1-9(2)12-7-11-13-14-15-16(11)5-3-10-4-6-17-8-10/h4,6,8-9,12H,3,5,7H2,1-2H3. The molecule has 0 aromatic carbocycles. The summed E-state index contributed by atoms with van der Waals surface area (Å²) in [5.41, 5.74) is 1.34. The molecule has 17 heavy (non-hydrogen) atoms. The van der Waals surface area contributed by atoms with Crippen LogP contribution >= 0.6 is 11.3 Å². The number of nitrogens with one attached hydrogen (secondary N) is 1. The zero-order valence-electron chi connectivity index (χ0n) is 10.1. The highest BCUT2D eigenvalue weighted by molar-refractivity contribution is 7.07. The first-order valence-corrected chi connectivity index (χ1v) is 6.69. The molecule has 2 heterocycles. The average Bonchev–Trinajstić information content (AvgIpc) is 2.95. The molecule has 0 bridgehead atoms. The lowest BCUT2D eigenvalue weighted by Crippen LogP contribution is -2.24. The van der Waals surface area contributed by atoms with Crippen LogP contribution in [0.3, 0.4) is 0 Å². The van der Waals surface area contributed by atoms with Gasteiger partial charge in [0.1, 0.15) is 0 Å². The molecule has 2 rings (SSSR count). The Morgan fingerprint density at radius 1 is 1.47 bits per heavy atom. The minimum Gasteiger partial charge on any atom is -0.308 e. The van der Waals surface area contributed by atoms with Crippen molar-refractivity contribution in [1.82, 2.24) is 25.5 Å². The molecule has 5 nitrogen and oxygen atoms in total. The van der Waals surface area contributed by atoms with Gasteiger partial charge in [-0.05, 0) is 39.2 Å². The Labute approximate surface area is 105 Å². The van der Waals surface area contributed by atoms with E-state index in [0.717, 1.165) is 18.8 Å². The molecule has 0 saturated heterocycles. The fourth-order valence-corrected chi connectivity index (χ4v) is 2.19. The van der Waals surface area contributed by atoms with Gasteiger partial charge in [-0.3, -0.25) is 0 Å². The maximum absolute atomic E-state index is 4.03. The Morgan fingerprint density at radius 3 is 3.06 bits per heavy atom. The first kappa shape index (κ1) is 12.2. The second-order valence-electron chi connectivity index (χ2n) is 4.24. The van der Waals surface area contributed by atoms with Crippen molar-refractivity contribution in [1.29, 1.82) is 0 Å². The van der Waals surface area contributed by atoms with Crippen LogP contribution in [0.2, 0.25) is 0 Å². The summed E-state index contributed by atoms with van der Waals surface area (Å²) in [6.45, 7) is 5.77. The first-order valence-electron chi connectivity index (χ1n) is 5.75. The molecule has 0 saturated carbocycles. The van der Waals surface area contributed by atoms with E-state index in [1.165, 1.54) is 5.56 Å². The van der Waals surface area contributed by atoms with Crippen molar-refractivity contribution in [2.45, 2.75) is 39.4 Å². The fraction of sp³-hybridized carbons (Fsp3) is 0.545. The number of tetrazole rings is 1. The zero-order valence-corrected chi connectivity index (χ0v) is 10.9. The molecule has 0 spiro atoms. The van der Waals surface area contributed by atoms with Gasteiger partial charge in [-0.2, -0.15) is 11.3 Å². The van der Waals surface area contributed by atoms with Gasteiger partial charge in [-0.25, -0.2) is 4.68 Å². The van der Waals surface area contributed by atoms with E-state index in [-0.39, 0.29) is 0 Å². The van der Waals surface area contributed by atoms with Crippen LogP contribution in [0.25, 0.3) is 0 Å². The average molecular weight is 251 g/mol. The molecule has 0 aliphatic rings. The summed E-state index contributed by atoms with van der Waals surface area (Å²) in [7, 11) is 0. The Morgan fingerprint density at radius 2 is 2.35 bits per heavy atom. The van der Waals surface area contributed by atoms with Gasteiger partial charge < -0.3 is 5.32 Å². The normalized spacial score (nSPS) is 11.2. The van der Waals surface area contributed by atoms with Gasteiger partial charge >= 0.3 is 0 Å². The summed E-state index contributed by atoms with van der Waals surface area (Å²) in [6.07, 6.45) is 0.975. The molecule has 0 unspecified atom stereocenters. The zero-order chi connectivity index (χ0) is 12.1. The lowest BCUT2D eigenvalue weighted by molar-refractivity contribution is 0.517. The van der Waals surface area contributed by atoms with E-state index in [0.29, 0.717) is 12.6 Å². The van der Waals surface area contributed by atoms with Crippen molar-refractivity contribution in [3.63, 3.8) is 0 Å². The molecule has 6 heteroatoms. The van der Waals surface area contributed by atoms with Crippen LogP contribution in [0, 0.1) is 0 Å². The maximum Gasteiger partial charge on any atom is 0.165 e. The van der Waals surface area contributed by atoms with Gasteiger partial charge in [0.25, 0.3) is 0 Å². The van der Waals surface area contributed by atoms with Crippen LogP contribution in [0.4, 0.5) is 0 Å². The van der Waals surface area contributed by atoms with Crippen LogP contribution in [0.5, 0.6) is 0 Å². The number of aromatic nitrogens is 4. The van der Waals surface area contributed by atoms with Gasteiger partial charge in [0.05, 0.1) is 6.54 Å². The van der Waals surface area contributed by atoms with Crippen molar-refractivity contribution in [3.8, 4) is 0 Å². The highest BCUT2D eigenvalue weighted by Crippen LogP contribution is 2.07. The van der Waals surface area contributed by atoms with Crippen LogP contribution in [-0.2, 0) is 19.5 Å². The summed E-state index contributed by atoms with van der Waals surface area (Å²) in [5, 5.41) is 19.3. The first-order chi connectivity index (χ1) is 8.25. The van der Waals surface area contributed by atoms with E-state index in [9.17, 15) is 0 Å². The van der Waals surface area contributed by atoms with Gasteiger partial charge in [0, 0.05) is 12.6 Å². The smallest absolute Gasteiger partial charge is 0.165 e. The number of hydrogen-bond donors (Lipinski definition) is 1. The second-order valence-corrected chi connectivity index (χ2v) is 5.02. The number of aryl methyl sites for hydroxylation is 2. The van der Waals surface area contributed by atoms with E-state index in [4.69, 9.17) is 0 Å². The third-order valence-electron chi connectivity index (χ3n) is 2.47. The van der Waals surface area contributed by atoms with Gasteiger partial charge in [0.2, 0.25) is 0 Å². The van der Waals surface area contributed by atoms with Gasteiger partial charge in [0.15, 0.2) is 5.82 Å². The lowest BCUT2D eigenvalue weighted by atomic mass is 10.2. The molecule has 0 amide bonds. The molecule has 0 radical (unpaired) electrons. The van der Waals surface area contributed by atoms with Crippen molar-refractivity contribution < 1.29 is 0 Å². The summed E-state index contributed by atoms with van der Waals surface area (Å²) in [6, 6.07) is 2.58. The molecular formula is C11H17N5S. The van der Waals surface area contributed by atoms with Crippen LogP contribution in [0.1, 0.15) is 25.2 Å². The molecule has 2 aromatic rings. The monoisotopic (exact) mass is 251 g/mol. The van der Waals surface area contributed by atoms with Gasteiger partial charge in [-0.15, -0.1) is 5.10 Å².